The second kappa shape index (κ2) is 7.58. The molecule has 1 atom stereocenters. The average molecular weight is 314 g/mol. The number of carbonyl (C=O) groups is 2. The first-order valence-electron chi connectivity index (χ1n) is 7.63. The van der Waals surface area contributed by atoms with Crippen molar-refractivity contribution in [1.82, 2.24) is 15.5 Å². The fraction of sp³-hybridized carbons (Fsp3) is 0.353. The molecule has 0 aliphatic carbocycles. The van der Waals surface area contributed by atoms with Gasteiger partial charge in [-0.15, -0.1) is 0 Å². The molecular formula is C17H22N4O2. The Labute approximate surface area is 135 Å². The minimum absolute atomic E-state index is 0.140. The second-order valence-corrected chi connectivity index (χ2v) is 5.55. The van der Waals surface area contributed by atoms with Gasteiger partial charge >= 0.3 is 0 Å². The summed E-state index contributed by atoms with van der Waals surface area (Å²) in [6, 6.07) is 9.05. The smallest absolute Gasteiger partial charge is 0.224 e. The van der Waals surface area contributed by atoms with Gasteiger partial charge in [-0.1, -0.05) is 18.2 Å². The zero-order valence-electron chi connectivity index (χ0n) is 13.6. The van der Waals surface area contributed by atoms with E-state index >= 15 is 0 Å². The van der Waals surface area contributed by atoms with Crippen LogP contribution in [0, 0.1) is 13.8 Å². The number of hydrogen-bond donors (Lipinski definition) is 3. The molecule has 0 saturated heterocycles. The SMILES string of the molecule is Cc1n[nH]c(C)c1C(C)NC(=O)CCC(=O)Nc1ccccc1. The number of aromatic amines is 1. The average Bonchev–Trinajstić information content (AvgIpc) is 2.85. The summed E-state index contributed by atoms with van der Waals surface area (Å²) < 4.78 is 0. The molecule has 1 unspecified atom stereocenters. The van der Waals surface area contributed by atoms with E-state index in [2.05, 4.69) is 20.8 Å². The third-order valence-electron chi connectivity index (χ3n) is 3.63. The Morgan fingerprint density at radius 2 is 1.78 bits per heavy atom. The lowest BCUT2D eigenvalue weighted by molar-refractivity contribution is -0.124. The van der Waals surface area contributed by atoms with Crippen molar-refractivity contribution in [3.63, 3.8) is 0 Å². The van der Waals surface area contributed by atoms with Crippen LogP contribution >= 0.6 is 0 Å². The van der Waals surface area contributed by atoms with Crippen molar-refractivity contribution in [3.8, 4) is 0 Å². The maximum Gasteiger partial charge on any atom is 0.224 e. The summed E-state index contributed by atoms with van der Waals surface area (Å²) in [5.41, 5.74) is 3.54. The number of aryl methyl sites for hydroxylation is 2. The van der Waals surface area contributed by atoms with Crippen molar-refractivity contribution < 1.29 is 9.59 Å². The van der Waals surface area contributed by atoms with Crippen molar-refractivity contribution in [2.45, 2.75) is 39.7 Å². The Balaban J connectivity index is 1.80. The lowest BCUT2D eigenvalue weighted by Gasteiger charge is -2.14. The zero-order valence-corrected chi connectivity index (χ0v) is 13.6. The Morgan fingerprint density at radius 3 is 2.39 bits per heavy atom. The molecule has 122 valence electrons. The van der Waals surface area contributed by atoms with Crippen LogP contribution in [-0.4, -0.2) is 22.0 Å². The second-order valence-electron chi connectivity index (χ2n) is 5.55. The number of para-hydroxylation sites is 1. The van der Waals surface area contributed by atoms with Crippen molar-refractivity contribution in [2.75, 3.05) is 5.32 Å². The molecule has 0 bridgehead atoms. The monoisotopic (exact) mass is 314 g/mol. The van der Waals surface area contributed by atoms with E-state index in [0.717, 1.165) is 22.6 Å². The summed E-state index contributed by atoms with van der Waals surface area (Å²) in [7, 11) is 0. The number of nitrogens with zero attached hydrogens (tertiary/aromatic N) is 1. The molecule has 0 saturated carbocycles. The van der Waals surface area contributed by atoms with Gasteiger partial charge in [-0.25, -0.2) is 0 Å². The molecule has 6 heteroatoms. The third kappa shape index (κ3) is 4.67. The normalized spacial score (nSPS) is 11.8. The largest absolute Gasteiger partial charge is 0.349 e. The van der Waals surface area contributed by atoms with Crippen LogP contribution in [0.4, 0.5) is 5.69 Å². The number of aromatic nitrogens is 2. The number of anilines is 1. The van der Waals surface area contributed by atoms with Crippen molar-refractivity contribution >= 4 is 17.5 Å². The van der Waals surface area contributed by atoms with Crippen molar-refractivity contribution in [2.24, 2.45) is 0 Å². The van der Waals surface area contributed by atoms with E-state index in [1.807, 2.05) is 51.1 Å². The van der Waals surface area contributed by atoms with E-state index < -0.39 is 0 Å². The molecule has 0 spiro atoms. The fourth-order valence-electron chi connectivity index (χ4n) is 2.56. The highest BCUT2D eigenvalue weighted by molar-refractivity contribution is 5.93. The Kier molecular flexibility index (Phi) is 5.51. The van der Waals surface area contributed by atoms with Crippen LogP contribution in [-0.2, 0) is 9.59 Å². The van der Waals surface area contributed by atoms with Gasteiger partial charge in [0.1, 0.15) is 0 Å². The minimum Gasteiger partial charge on any atom is -0.349 e. The van der Waals surface area contributed by atoms with Gasteiger partial charge in [0.05, 0.1) is 11.7 Å². The van der Waals surface area contributed by atoms with Gasteiger partial charge in [0.2, 0.25) is 11.8 Å². The molecule has 0 radical (unpaired) electrons. The molecule has 1 heterocycles. The molecule has 2 aromatic rings. The predicted octanol–water partition coefficient (Wildman–Crippen LogP) is 2.62. The molecular weight excluding hydrogens is 292 g/mol. The van der Waals surface area contributed by atoms with Crippen molar-refractivity contribution in [1.29, 1.82) is 0 Å². The molecule has 0 aliphatic rings. The molecule has 6 nitrogen and oxygen atoms in total. The zero-order chi connectivity index (χ0) is 16.8. The minimum atomic E-state index is -0.172. The molecule has 2 rings (SSSR count). The number of carbonyl (C=O) groups excluding carboxylic acids is 2. The van der Waals surface area contributed by atoms with E-state index in [1.165, 1.54) is 0 Å². The highest BCUT2D eigenvalue weighted by Crippen LogP contribution is 2.19. The first-order chi connectivity index (χ1) is 11.0. The molecule has 0 aliphatic heterocycles. The lowest BCUT2D eigenvalue weighted by Crippen LogP contribution is -2.28. The first-order valence-corrected chi connectivity index (χ1v) is 7.63. The highest BCUT2D eigenvalue weighted by Gasteiger charge is 2.16. The van der Waals surface area contributed by atoms with E-state index in [-0.39, 0.29) is 30.7 Å². The van der Waals surface area contributed by atoms with Gasteiger partial charge in [-0.05, 0) is 32.9 Å². The number of hydrogen-bond acceptors (Lipinski definition) is 3. The number of amides is 2. The predicted molar refractivity (Wildman–Crippen MR) is 88.9 cm³/mol. The van der Waals surface area contributed by atoms with Crippen molar-refractivity contribution in [3.05, 3.63) is 47.3 Å². The number of nitrogens with one attached hydrogen (secondary N) is 3. The Hall–Kier alpha value is -2.63. The van der Waals surface area contributed by atoms with E-state index in [0.29, 0.717) is 0 Å². The summed E-state index contributed by atoms with van der Waals surface area (Å²) in [6.07, 6.45) is 0.301. The maximum absolute atomic E-state index is 12.0. The molecule has 23 heavy (non-hydrogen) atoms. The van der Waals surface area contributed by atoms with Crippen LogP contribution in [0.5, 0.6) is 0 Å². The van der Waals surface area contributed by atoms with Gasteiger partial charge in [-0.3, -0.25) is 14.7 Å². The van der Waals surface area contributed by atoms with Crippen LogP contribution < -0.4 is 10.6 Å². The Morgan fingerprint density at radius 1 is 1.13 bits per heavy atom. The number of rotatable bonds is 6. The highest BCUT2D eigenvalue weighted by atomic mass is 16.2. The van der Waals surface area contributed by atoms with E-state index in [9.17, 15) is 9.59 Å². The van der Waals surface area contributed by atoms with Crippen LogP contribution in [0.1, 0.15) is 42.8 Å². The summed E-state index contributed by atoms with van der Waals surface area (Å²) >= 11 is 0. The standard InChI is InChI=1S/C17H22N4O2/c1-11(17-12(2)20-21-13(17)3)18-15(22)9-10-16(23)19-14-7-5-4-6-8-14/h4-8,11H,9-10H2,1-3H3,(H,18,22)(H,19,23)(H,20,21). The summed E-state index contributed by atoms with van der Waals surface area (Å²) in [6.45, 7) is 5.73. The summed E-state index contributed by atoms with van der Waals surface area (Å²) in [4.78, 5) is 23.8. The van der Waals surface area contributed by atoms with Crippen LogP contribution in [0.2, 0.25) is 0 Å². The van der Waals surface area contributed by atoms with Crippen LogP contribution in [0.3, 0.4) is 0 Å². The number of benzene rings is 1. The first kappa shape index (κ1) is 16.7. The molecule has 1 aromatic heterocycles. The quantitative estimate of drug-likeness (QED) is 0.766. The topological polar surface area (TPSA) is 86.9 Å². The van der Waals surface area contributed by atoms with Gasteiger partial charge in [0.15, 0.2) is 0 Å². The van der Waals surface area contributed by atoms with Gasteiger partial charge < -0.3 is 10.6 Å². The number of H-pyrrole nitrogens is 1. The van der Waals surface area contributed by atoms with E-state index in [4.69, 9.17) is 0 Å². The lowest BCUT2D eigenvalue weighted by atomic mass is 10.1. The van der Waals surface area contributed by atoms with Gasteiger partial charge in [0.25, 0.3) is 0 Å². The van der Waals surface area contributed by atoms with Crippen LogP contribution in [0.15, 0.2) is 30.3 Å². The van der Waals surface area contributed by atoms with E-state index in [1.54, 1.807) is 0 Å². The fourth-order valence-corrected chi connectivity index (χ4v) is 2.56. The maximum atomic E-state index is 12.0. The molecule has 1 aromatic carbocycles. The third-order valence-corrected chi connectivity index (χ3v) is 3.63. The summed E-state index contributed by atoms with van der Waals surface area (Å²) in [5.74, 6) is -0.324. The van der Waals surface area contributed by atoms with Gasteiger partial charge in [-0.2, -0.15) is 5.10 Å². The Bertz CT molecular complexity index is 660. The molecule has 2 amide bonds. The van der Waals surface area contributed by atoms with Gasteiger partial charge in [0, 0.05) is 29.8 Å². The molecule has 0 fully saturated rings. The van der Waals surface area contributed by atoms with Crippen LogP contribution in [0.25, 0.3) is 0 Å². The molecule has 3 N–H and O–H groups in total. The summed E-state index contributed by atoms with van der Waals surface area (Å²) in [5, 5.41) is 12.7.